The normalized spacial score (nSPS) is 43.6. The zero-order chi connectivity index (χ0) is 63.0. The molecule has 0 aromatic carbocycles. The van der Waals surface area contributed by atoms with Gasteiger partial charge in [-0.25, -0.2) is 9.98 Å². The minimum atomic E-state index is -2.31. The van der Waals surface area contributed by atoms with E-state index in [-0.39, 0.29) is 68.2 Å². The van der Waals surface area contributed by atoms with E-state index in [1.54, 1.807) is 6.92 Å². The monoisotopic (exact) mass is 1220 g/mol. The second-order valence-electron chi connectivity index (χ2n) is 24.7. The van der Waals surface area contributed by atoms with Crippen molar-refractivity contribution in [2.75, 3.05) is 46.5 Å². The van der Waals surface area contributed by atoms with Crippen molar-refractivity contribution in [3.05, 3.63) is 0 Å². The number of aliphatic hydroxyl groups excluding tert-OH is 9. The number of hydrogen-bond acceptors (Lipinski definition) is 24. The van der Waals surface area contributed by atoms with Crippen molar-refractivity contribution >= 4 is 23.7 Å². The quantitative estimate of drug-likeness (QED) is 0.0218. The predicted octanol–water partition coefficient (Wildman–Crippen LogP) is -5.39. The third-order valence-corrected chi connectivity index (χ3v) is 18.5. The third-order valence-electron chi connectivity index (χ3n) is 18.5. The molecule has 30 nitrogen and oxygen atoms in total. The molecule has 0 radical (unpaired) electrons. The molecule has 21 N–H and O–H groups in total. The van der Waals surface area contributed by atoms with Gasteiger partial charge in [0.1, 0.15) is 78.7 Å². The van der Waals surface area contributed by atoms with Crippen LogP contribution in [0.1, 0.15) is 106 Å². The molecule has 4 saturated heterocycles. The van der Waals surface area contributed by atoms with E-state index < -0.39 is 171 Å². The molecule has 85 heavy (non-hydrogen) atoms. The average molecular weight is 1220 g/mol. The van der Waals surface area contributed by atoms with Gasteiger partial charge in [-0.05, 0) is 77.2 Å². The summed E-state index contributed by atoms with van der Waals surface area (Å²) in [5.41, 5.74) is 18.8. The van der Waals surface area contributed by atoms with Crippen LogP contribution in [-0.4, -0.2) is 271 Å². The molecule has 2 saturated carbocycles. The number of carbonyl (C=O) groups excluding carboxylic acids is 2. The number of carbonyl (C=O) groups is 2. The molecule has 6 aliphatic rings. The number of likely N-dealkylation sites (N-methyl/N-ethyl adjacent to an activating group) is 1. The molecule has 6 rings (SSSR count). The molecule has 4 aliphatic heterocycles. The topological polar surface area (TPSA) is 487 Å². The highest BCUT2D eigenvalue weighted by atomic mass is 16.8. The number of nitrogens with zero attached hydrogens (tertiary/aromatic N) is 3. The first kappa shape index (κ1) is 70.8. The van der Waals surface area contributed by atoms with Crippen molar-refractivity contribution < 1.29 is 104 Å². The number of amides is 2. The standard InChI is InChI=1S/C55H101N9O21/c1-9-24(3)30-14-13-28(48(80-30)82-44-25(4)20-26(5)45(43(44)75)83-50-37(69)29(10-2)54(7,76)23-78-50)12-11-17-60-32(67)15-16-33(68)61-18-19-64(8)36-41(73)38(70)31(21-65)81-49(36)85-47-51(79-27(6)55(47,77)22-66)84-46-35(63-53(58)59)39(71)34(62-52(56)57)40(72)42(46)74/h24-31,34-51,65-66,69-77H,9-23H2,1-8H3,(H,60,67)(H,61,68)(H4,56,57,62)(H4,58,59,63)/t24?,25-,26+,27+,28+,29+,30-,31?,34?,35-,36?,37+,38-,39?,40+,41+,42?,43-,44?,45?,46-,47?,48?,49-,50?,51-,54-,55-/m0/s1. The summed E-state index contributed by atoms with van der Waals surface area (Å²) in [6.07, 6.45) is -19.2. The summed E-state index contributed by atoms with van der Waals surface area (Å²) < 4.78 is 49.8. The van der Waals surface area contributed by atoms with Crippen LogP contribution in [0, 0.1) is 29.6 Å². The van der Waals surface area contributed by atoms with Gasteiger partial charge in [-0.2, -0.15) is 0 Å². The Bertz CT molecular complexity index is 2170. The van der Waals surface area contributed by atoms with Gasteiger partial charge in [-0.3, -0.25) is 14.5 Å². The molecule has 4 heterocycles. The van der Waals surface area contributed by atoms with Crippen molar-refractivity contribution in [3.63, 3.8) is 0 Å². The molecule has 2 aliphatic carbocycles. The molecule has 30 heteroatoms. The van der Waals surface area contributed by atoms with Crippen molar-refractivity contribution in [1.82, 2.24) is 15.5 Å². The number of nitrogens with one attached hydrogen (secondary N) is 2. The maximum absolute atomic E-state index is 13.1. The van der Waals surface area contributed by atoms with Gasteiger partial charge >= 0.3 is 0 Å². The van der Waals surface area contributed by atoms with Crippen molar-refractivity contribution in [2.24, 2.45) is 62.5 Å². The first-order valence-corrected chi connectivity index (χ1v) is 30.1. The smallest absolute Gasteiger partial charge is 0.220 e. The minimum Gasteiger partial charge on any atom is -0.394 e. The molecule has 492 valence electrons. The fourth-order valence-electron chi connectivity index (χ4n) is 13.1. The lowest BCUT2D eigenvalue weighted by Gasteiger charge is -2.49. The zero-order valence-corrected chi connectivity index (χ0v) is 50.3. The minimum absolute atomic E-state index is 0.0199. The van der Waals surface area contributed by atoms with Gasteiger partial charge in [0.05, 0.1) is 55.9 Å². The predicted molar refractivity (Wildman–Crippen MR) is 302 cm³/mol. The fourth-order valence-corrected chi connectivity index (χ4v) is 13.1. The van der Waals surface area contributed by atoms with E-state index in [1.807, 2.05) is 20.8 Å². The van der Waals surface area contributed by atoms with Gasteiger partial charge in [0.25, 0.3) is 0 Å². The van der Waals surface area contributed by atoms with Crippen LogP contribution in [0.25, 0.3) is 0 Å². The number of rotatable bonds is 26. The number of aliphatic hydroxyl groups is 11. The van der Waals surface area contributed by atoms with Gasteiger partial charge in [0.2, 0.25) is 11.8 Å². The molecule has 0 spiro atoms. The van der Waals surface area contributed by atoms with Gasteiger partial charge in [-0.15, -0.1) is 0 Å². The molecule has 28 atom stereocenters. The second kappa shape index (κ2) is 30.9. The summed E-state index contributed by atoms with van der Waals surface area (Å²) in [4.78, 5) is 35.4. The van der Waals surface area contributed by atoms with Gasteiger partial charge in [-0.1, -0.05) is 41.0 Å². The van der Waals surface area contributed by atoms with Crippen molar-refractivity contribution in [3.8, 4) is 0 Å². The number of aliphatic imine (C=N–C) groups is 2. The third kappa shape index (κ3) is 16.7. The summed E-state index contributed by atoms with van der Waals surface area (Å²) in [7, 11) is 1.51. The van der Waals surface area contributed by atoms with E-state index in [0.717, 1.165) is 19.3 Å². The Labute approximate surface area is 496 Å². The van der Waals surface area contributed by atoms with Crippen molar-refractivity contribution in [2.45, 2.75) is 246 Å². The Morgan fingerprint density at radius 2 is 1.31 bits per heavy atom. The van der Waals surface area contributed by atoms with Crippen LogP contribution in [-0.2, 0) is 47.5 Å². The van der Waals surface area contributed by atoms with E-state index in [2.05, 4.69) is 34.5 Å². The summed E-state index contributed by atoms with van der Waals surface area (Å²) in [5, 5.41) is 128. The molecule has 6 fully saturated rings. The van der Waals surface area contributed by atoms with Crippen LogP contribution in [0.2, 0.25) is 0 Å². The molecule has 11 unspecified atom stereocenters. The Balaban J connectivity index is 1.01. The van der Waals surface area contributed by atoms with Crippen LogP contribution >= 0.6 is 0 Å². The van der Waals surface area contributed by atoms with Crippen LogP contribution in [0.5, 0.6) is 0 Å². The van der Waals surface area contributed by atoms with E-state index >= 15 is 0 Å². The number of hydrogen-bond donors (Lipinski definition) is 17. The molecule has 0 aromatic rings. The molecular formula is C55H101N9O21. The van der Waals surface area contributed by atoms with Gasteiger partial charge in [0, 0.05) is 44.3 Å². The highest BCUT2D eigenvalue weighted by Gasteiger charge is 2.61. The van der Waals surface area contributed by atoms with Crippen molar-refractivity contribution in [1.29, 1.82) is 0 Å². The fraction of sp³-hybridized carbons (Fsp3) is 0.927. The maximum Gasteiger partial charge on any atom is 0.220 e. The zero-order valence-electron chi connectivity index (χ0n) is 50.3. The lowest BCUT2D eigenvalue weighted by atomic mass is 9.76. The van der Waals surface area contributed by atoms with Crippen LogP contribution in [0.3, 0.4) is 0 Å². The van der Waals surface area contributed by atoms with E-state index in [9.17, 15) is 65.8 Å². The Morgan fingerprint density at radius 3 is 1.89 bits per heavy atom. The van der Waals surface area contributed by atoms with Gasteiger partial charge < -0.3 is 128 Å². The highest BCUT2D eigenvalue weighted by molar-refractivity contribution is 5.83. The van der Waals surface area contributed by atoms with E-state index in [1.165, 1.54) is 18.9 Å². The number of nitrogens with two attached hydrogens (primary N) is 4. The average Bonchev–Trinajstić information content (AvgIpc) is 2.00. The summed E-state index contributed by atoms with van der Waals surface area (Å²) in [5.74, 6) is -2.34. The second-order valence-corrected chi connectivity index (χ2v) is 24.7. The molecule has 2 amide bonds. The highest BCUT2D eigenvalue weighted by Crippen LogP contribution is 2.43. The maximum atomic E-state index is 13.1. The summed E-state index contributed by atoms with van der Waals surface area (Å²) in [6, 6.07) is -4.41. The van der Waals surface area contributed by atoms with Crippen LogP contribution in [0.15, 0.2) is 9.98 Å². The van der Waals surface area contributed by atoms with Crippen LogP contribution in [0.4, 0.5) is 0 Å². The van der Waals surface area contributed by atoms with Gasteiger partial charge in [0.15, 0.2) is 37.1 Å². The van der Waals surface area contributed by atoms with E-state index in [0.29, 0.717) is 32.2 Å². The van der Waals surface area contributed by atoms with E-state index in [4.69, 9.17) is 60.8 Å². The Hall–Kier alpha value is -3.32. The lowest BCUT2D eigenvalue weighted by Crippen LogP contribution is -2.67. The first-order valence-electron chi connectivity index (χ1n) is 30.1. The molecule has 0 aromatic heterocycles. The SMILES string of the molecule is CCC(C)[C@@H]1CC[C@@H](CCCNC(=O)CCC(=O)NCCN(C)C2[C@H](OC3[C@H](O[C@@H]4C(O)[C@H](O)C(N=C(N)N)C(O)[C@@H]4N=C(N)N)O[C@H](C)[C@@]3(O)CO)OC(CO)[C@H](O)[C@@H]2O)C(OC2[C@H](O)C(OC3OC[C@](C)(O)[C@H](CC)[C@H]3O)[C@H](C)C[C@@H]2C)O1. The summed E-state index contributed by atoms with van der Waals surface area (Å²) >= 11 is 0. The summed E-state index contributed by atoms with van der Waals surface area (Å²) in [6.45, 7) is 11.6. The first-order chi connectivity index (χ1) is 40.0. The Kier molecular flexibility index (Phi) is 25.8. The molecular weight excluding hydrogens is 1120 g/mol. The Morgan fingerprint density at radius 1 is 0.706 bits per heavy atom. The molecule has 0 bridgehead atoms. The number of guanidine groups is 2. The lowest BCUT2D eigenvalue weighted by molar-refractivity contribution is -0.327. The number of ether oxygens (including phenoxy) is 8. The largest absolute Gasteiger partial charge is 0.394 e. The van der Waals surface area contributed by atoms with Crippen LogP contribution < -0.4 is 33.6 Å².